The third-order valence-corrected chi connectivity index (χ3v) is 8.03. The minimum absolute atomic E-state index is 0.118. The molecule has 0 aromatic carbocycles. The molecule has 0 radical (unpaired) electrons. The van der Waals surface area contributed by atoms with Crippen LogP contribution in [0.25, 0.3) is 0 Å². The molecule has 0 amide bonds. The van der Waals surface area contributed by atoms with Gasteiger partial charge in [-0.15, -0.1) is 0 Å². The van der Waals surface area contributed by atoms with Gasteiger partial charge in [-0.25, -0.2) is 0 Å². The quantitative estimate of drug-likeness (QED) is 0.0960. The van der Waals surface area contributed by atoms with E-state index < -0.39 is 12.2 Å². The van der Waals surface area contributed by atoms with Crippen LogP contribution in [-0.2, 0) is 0 Å². The average Bonchev–Trinajstić information content (AvgIpc) is 2.88. The molecule has 0 spiro atoms. The van der Waals surface area contributed by atoms with E-state index in [4.69, 9.17) is 0 Å². The molecule has 0 aromatic rings. The monoisotopic (exact) mass is 532 g/mol. The Morgan fingerprint density at radius 3 is 1.97 bits per heavy atom. The molecule has 0 aliphatic rings. The third kappa shape index (κ3) is 19.7. The maximum atomic E-state index is 10.6. The van der Waals surface area contributed by atoms with Crippen molar-refractivity contribution in [1.82, 2.24) is 0 Å². The van der Waals surface area contributed by atoms with Gasteiger partial charge >= 0.3 is 0 Å². The Morgan fingerprint density at radius 1 is 0.684 bits per heavy atom. The van der Waals surface area contributed by atoms with Gasteiger partial charge < -0.3 is 15.3 Å². The minimum Gasteiger partial charge on any atom is -0.516 e. The molecule has 6 unspecified atom stereocenters. The van der Waals surface area contributed by atoms with Crippen LogP contribution in [0.1, 0.15) is 126 Å². The lowest BCUT2D eigenvalue weighted by Crippen LogP contribution is -2.16. The molecule has 0 bridgehead atoms. The van der Waals surface area contributed by atoms with Crippen LogP contribution in [0.2, 0.25) is 0 Å². The standard InChI is InChI=1S/C35H64O3/c1-9-28(4)15-11-17-30(6)22-24-34(37)32(8)20-13-21-33(26-36)23-25-35(38)31(7)19-12-18-29(5)16-10-14-27(2)3/h11-12,17,19,22,24,26-32,34-38H,9-10,13-16,18,20-21,23,25H2,1-8H3/t28?,29?,30?,31?,32?,34-,35?/m0/s1. The summed E-state index contributed by atoms with van der Waals surface area (Å²) in [6, 6.07) is 0. The number of rotatable bonds is 22. The molecule has 0 aromatic heterocycles. The van der Waals surface area contributed by atoms with Crippen LogP contribution in [-0.4, -0.2) is 27.5 Å². The smallest absolute Gasteiger partial charge is 0.0783 e. The van der Waals surface area contributed by atoms with E-state index in [0.717, 1.165) is 49.5 Å². The largest absolute Gasteiger partial charge is 0.516 e. The zero-order chi connectivity index (χ0) is 28.9. The summed E-state index contributed by atoms with van der Waals surface area (Å²) in [7, 11) is 0. The normalized spacial score (nSPS) is 18.9. The molecule has 0 aliphatic heterocycles. The van der Waals surface area contributed by atoms with Gasteiger partial charge in [0.05, 0.1) is 18.5 Å². The van der Waals surface area contributed by atoms with Gasteiger partial charge in [-0.1, -0.05) is 118 Å². The number of hydrogen-bond acceptors (Lipinski definition) is 3. The van der Waals surface area contributed by atoms with Crippen molar-refractivity contribution in [3.8, 4) is 0 Å². The fourth-order valence-electron chi connectivity index (χ4n) is 4.55. The number of aliphatic hydroxyl groups is 3. The van der Waals surface area contributed by atoms with Gasteiger partial charge in [0.25, 0.3) is 0 Å². The van der Waals surface area contributed by atoms with Gasteiger partial charge in [-0.3, -0.25) is 0 Å². The Labute approximate surface area is 237 Å². The second-order valence-corrected chi connectivity index (χ2v) is 12.6. The molecule has 0 rings (SSSR count). The summed E-state index contributed by atoms with van der Waals surface area (Å²) in [5.41, 5.74) is 0.983. The second-order valence-electron chi connectivity index (χ2n) is 12.6. The summed E-state index contributed by atoms with van der Waals surface area (Å²) in [5.74, 6) is 2.81. The summed E-state index contributed by atoms with van der Waals surface area (Å²) >= 11 is 0. The van der Waals surface area contributed by atoms with Crippen LogP contribution in [0.3, 0.4) is 0 Å². The predicted octanol–water partition coefficient (Wildman–Crippen LogP) is 9.97. The molecule has 0 aliphatic carbocycles. The Kier molecular flexibility index (Phi) is 21.7. The van der Waals surface area contributed by atoms with E-state index in [9.17, 15) is 15.3 Å². The van der Waals surface area contributed by atoms with Crippen molar-refractivity contribution < 1.29 is 15.3 Å². The zero-order valence-corrected chi connectivity index (χ0v) is 26.3. The predicted molar refractivity (Wildman–Crippen MR) is 167 cm³/mol. The molecule has 3 nitrogen and oxygen atoms in total. The van der Waals surface area contributed by atoms with Gasteiger partial charge in [0, 0.05) is 0 Å². The topological polar surface area (TPSA) is 60.7 Å². The first-order chi connectivity index (χ1) is 18.0. The molecule has 38 heavy (non-hydrogen) atoms. The lowest BCUT2D eigenvalue weighted by atomic mass is 9.92. The summed E-state index contributed by atoms with van der Waals surface area (Å²) in [4.78, 5) is 0. The fraction of sp³-hybridized carbons (Fsp3) is 0.771. The maximum Gasteiger partial charge on any atom is 0.0783 e. The maximum absolute atomic E-state index is 10.6. The first kappa shape index (κ1) is 36.7. The van der Waals surface area contributed by atoms with Crippen LogP contribution < -0.4 is 0 Å². The van der Waals surface area contributed by atoms with E-state index in [0.29, 0.717) is 24.7 Å². The third-order valence-electron chi connectivity index (χ3n) is 8.03. The van der Waals surface area contributed by atoms with Gasteiger partial charge in [0.15, 0.2) is 0 Å². The van der Waals surface area contributed by atoms with Crippen LogP contribution in [0.4, 0.5) is 0 Å². The Balaban J connectivity index is 4.30. The molecule has 0 heterocycles. The van der Waals surface area contributed by atoms with Gasteiger partial charge in [0.1, 0.15) is 0 Å². The molecule has 222 valence electrons. The molecular formula is C35H64O3. The molecule has 0 saturated heterocycles. The number of allylic oxidation sites excluding steroid dienone is 5. The molecule has 3 N–H and O–H groups in total. The summed E-state index contributed by atoms with van der Waals surface area (Å²) in [6.45, 7) is 17.7. The highest BCUT2D eigenvalue weighted by Gasteiger charge is 2.14. The van der Waals surface area contributed by atoms with Gasteiger partial charge in [0.2, 0.25) is 0 Å². The van der Waals surface area contributed by atoms with Crippen molar-refractivity contribution >= 4 is 0 Å². The first-order valence-corrected chi connectivity index (χ1v) is 15.7. The van der Waals surface area contributed by atoms with E-state index in [1.54, 1.807) is 0 Å². The van der Waals surface area contributed by atoms with Crippen molar-refractivity contribution in [1.29, 1.82) is 0 Å². The Morgan fingerprint density at radius 2 is 1.34 bits per heavy atom. The van der Waals surface area contributed by atoms with Crippen molar-refractivity contribution in [2.24, 2.45) is 35.5 Å². The Hall–Kier alpha value is -1.32. The highest BCUT2D eigenvalue weighted by molar-refractivity contribution is 5.03. The van der Waals surface area contributed by atoms with E-state index in [2.05, 4.69) is 85.8 Å². The van der Waals surface area contributed by atoms with Crippen molar-refractivity contribution in [3.63, 3.8) is 0 Å². The molecule has 3 heteroatoms. The van der Waals surface area contributed by atoms with E-state index in [1.807, 2.05) is 6.08 Å². The van der Waals surface area contributed by atoms with Crippen molar-refractivity contribution in [3.05, 3.63) is 48.3 Å². The summed E-state index contributed by atoms with van der Waals surface area (Å²) < 4.78 is 0. The second kappa shape index (κ2) is 22.5. The fourth-order valence-corrected chi connectivity index (χ4v) is 4.55. The highest BCUT2D eigenvalue weighted by Crippen LogP contribution is 2.22. The molecular weight excluding hydrogens is 468 g/mol. The number of hydrogen-bond donors (Lipinski definition) is 3. The van der Waals surface area contributed by atoms with Crippen LogP contribution in [0.5, 0.6) is 0 Å². The van der Waals surface area contributed by atoms with Crippen LogP contribution in [0.15, 0.2) is 48.3 Å². The number of aliphatic hydroxyl groups excluding tert-OH is 3. The minimum atomic E-state index is -0.450. The molecule has 0 fully saturated rings. The van der Waals surface area contributed by atoms with Gasteiger partial charge in [-0.05, 0) is 86.0 Å². The zero-order valence-electron chi connectivity index (χ0n) is 26.3. The lowest BCUT2D eigenvalue weighted by Gasteiger charge is -2.18. The van der Waals surface area contributed by atoms with E-state index >= 15 is 0 Å². The SMILES string of the molecule is CCC(C)CC=CC(C)C=C[C@H](O)C(C)CCCC(=CO)CCC(O)C(C)C=CCC(C)CCCC(C)C. The first-order valence-electron chi connectivity index (χ1n) is 15.7. The van der Waals surface area contributed by atoms with Crippen molar-refractivity contribution in [2.75, 3.05) is 0 Å². The molecule has 7 atom stereocenters. The summed E-state index contributed by atoms with van der Waals surface area (Å²) in [6.07, 6.45) is 24.5. The van der Waals surface area contributed by atoms with Crippen molar-refractivity contribution in [2.45, 2.75) is 138 Å². The lowest BCUT2D eigenvalue weighted by molar-refractivity contribution is 0.128. The average molecular weight is 533 g/mol. The van der Waals surface area contributed by atoms with Crippen LogP contribution >= 0.6 is 0 Å². The van der Waals surface area contributed by atoms with E-state index in [1.165, 1.54) is 31.9 Å². The summed E-state index contributed by atoms with van der Waals surface area (Å²) in [5, 5.41) is 30.8. The highest BCUT2D eigenvalue weighted by atomic mass is 16.3. The molecule has 0 saturated carbocycles. The Bertz CT molecular complexity index is 675. The van der Waals surface area contributed by atoms with Crippen LogP contribution in [0, 0.1) is 35.5 Å². The van der Waals surface area contributed by atoms with Gasteiger partial charge in [-0.2, -0.15) is 0 Å². The van der Waals surface area contributed by atoms with E-state index in [-0.39, 0.29) is 11.8 Å².